The molecule has 0 radical (unpaired) electrons. The number of ketones is 1. The molecular formula is C12H14N4O2. The molecule has 1 aromatic heterocycles. The average Bonchev–Trinajstić information content (AvgIpc) is 2.92. The highest BCUT2D eigenvalue weighted by atomic mass is 16.5. The lowest BCUT2D eigenvalue weighted by atomic mass is 9.99. The number of nitrogens with zero attached hydrogens (tertiary/aromatic N) is 3. The second-order valence-electron chi connectivity index (χ2n) is 3.83. The zero-order valence-corrected chi connectivity index (χ0v) is 10.3. The second kappa shape index (κ2) is 5.39. The van der Waals surface area contributed by atoms with E-state index in [0.717, 1.165) is 5.75 Å². The smallest absolute Gasteiger partial charge is 0.173 e. The summed E-state index contributed by atoms with van der Waals surface area (Å²) in [6, 6.07) is 7.05. The Bertz CT molecular complexity index is 507. The molecule has 6 nitrogen and oxygen atoms in total. The number of hydrogen-bond acceptors (Lipinski definition) is 5. The van der Waals surface area contributed by atoms with Gasteiger partial charge in [0.05, 0.1) is 12.5 Å². The summed E-state index contributed by atoms with van der Waals surface area (Å²) in [5, 5.41) is 13.3. The largest absolute Gasteiger partial charge is 0.494 e. The summed E-state index contributed by atoms with van der Waals surface area (Å²) in [6.07, 6.45) is 0. The van der Waals surface area contributed by atoms with Crippen LogP contribution in [0.1, 0.15) is 35.9 Å². The molecule has 2 aromatic rings. The number of tetrazole rings is 1. The van der Waals surface area contributed by atoms with Gasteiger partial charge in [-0.05, 0) is 48.5 Å². The van der Waals surface area contributed by atoms with Gasteiger partial charge in [0, 0.05) is 5.56 Å². The number of ether oxygens (including phenoxy) is 1. The second-order valence-corrected chi connectivity index (χ2v) is 3.83. The van der Waals surface area contributed by atoms with Gasteiger partial charge in [-0.1, -0.05) is 0 Å². The molecule has 0 fully saturated rings. The Morgan fingerprint density at radius 2 is 2.11 bits per heavy atom. The molecule has 1 heterocycles. The van der Waals surface area contributed by atoms with E-state index in [-0.39, 0.29) is 5.78 Å². The number of benzene rings is 1. The van der Waals surface area contributed by atoms with Crippen LogP contribution in [0.5, 0.6) is 5.75 Å². The Labute approximate surface area is 104 Å². The number of rotatable bonds is 5. The van der Waals surface area contributed by atoms with Gasteiger partial charge in [0.1, 0.15) is 5.75 Å². The van der Waals surface area contributed by atoms with Crippen molar-refractivity contribution < 1.29 is 9.53 Å². The molecule has 1 atom stereocenters. The van der Waals surface area contributed by atoms with Crippen LogP contribution in [-0.2, 0) is 0 Å². The number of H-pyrrole nitrogens is 1. The topological polar surface area (TPSA) is 80.8 Å². The predicted octanol–water partition coefficient (Wildman–Crippen LogP) is 1.58. The molecule has 94 valence electrons. The molecule has 0 aliphatic heterocycles. The third kappa shape index (κ3) is 2.53. The van der Waals surface area contributed by atoms with Gasteiger partial charge in [-0.2, -0.15) is 0 Å². The van der Waals surface area contributed by atoms with E-state index in [1.807, 2.05) is 6.92 Å². The summed E-state index contributed by atoms with van der Waals surface area (Å²) >= 11 is 0. The van der Waals surface area contributed by atoms with Crippen LogP contribution in [0.2, 0.25) is 0 Å². The molecule has 6 heteroatoms. The van der Waals surface area contributed by atoms with E-state index in [1.165, 1.54) is 0 Å². The van der Waals surface area contributed by atoms with Gasteiger partial charge in [-0.25, -0.2) is 5.10 Å². The first-order valence-corrected chi connectivity index (χ1v) is 5.73. The molecule has 18 heavy (non-hydrogen) atoms. The maximum Gasteiger partial charge on any atom is 0.173 e. The van der Waals surface area contributed by atoms with Crippen molar-refractivity contribution in [2.75, 3.05) is 6.61 Å². The zero-order chi connectivity index (χ0) is 13.0. The average molecular weight is 246 g/mol. The van der Waals surface area contributed by atoms with Gasteiger partial charge in [0.2, 0.25) is 0 Å². The van der Waals surface area contributed by atoms with Crippen molar-refractivity contribution in [1.29, 1.82) is 0 Å². The summed E-state index contributed by atoms with van der Waals surface area (Å²) < 4.78 is 5.32. The monoisotopic (exact) mass is 246 g/mol. The minimum Gasteiger partial charge on any atom is -0.494 e. The summed E-state index contributed by atoms with van der Waals surface area (Å²) in [5.74, 6) is 0.798. The number of aromatic amines is 1. The molecule has 0 aliphatic rings. The van der Waals surface area contributed by atoms with Crippen molar-refractivity contribution in [2.45, 2.75) is 19.8 Å². The molecule has 0 bridgehead atoms. The van der Waals surface area contributed by atoms with Crippen LogP contribution in [0.25, 0.3) is 0 Å². The van der Waals surface area contributed by atoms with E-state index < -0.39 is 5.92 Å². The standard InChI is InChI=1S/C12H14N4O2/c1-3-18-10-6-4-9(5-7-10)11(17)8(2)12-13-15-16-14-12/h4-8H,3H2,1-2H3,(H,13,14,15,16). The van der Waals surface area contributed by atoms with Gasteiger partial charge >= 0.3 is 0 Å². The molecule has 1 unspecified atom stereocenters. The first kappa shape index (κ1) is 12.2. The van der Waals surface area contributed by atoms with Gasteiger partial charge in [-0.15, -0.1) is 5.10 Å². The van der Waals surface area contributed by atoms with Gasteiger partial charge in [0.15, 0.2) is 11.6 Å². The highest BCUT2D eigenvalue weighted by Crippen LogP contribution is 2.19. The van der Waals surface area contributed by atoms with E-state index in [2.05, 4.69) is 20.6 Å². The summed E-state index contributed by atoms with van der Waals surface area (Å²) in [4.78, 5) is 12.2. The minimum atomic E-state index is -0.391. The Morgan fingerprint density at radius 3 is 2.67 bits per heavy atom. The number of carbonyl (C=O) groups is 1. The molecule has 0 aliphatic carbocycles. The lowest BCUT2D eigenvalue weighted by Crippen LogP contribution is -2.11. The van der Waals surface area contributed by atoms with E-state index in [4.69, 9.17) is 4.74 Å². The van der Waals surface area contributed by atoms with Gasteiger partial charge in [-0.3, -0.25) is 4.79 Å². The molecule has 1 N–H and O–H groups in total. The van der Waals surface area contributed by atoms with Crippen LogP contribution in [0.3, 0.4) is 0 Å². The molecule has 0 saturated carbocycles. The number of nitrogens with one attached hydrogen (secondary N) is 1. The van der Waals surface area contributed by atoms with Crippen molar-refractivity contribution in [3.05, 3.63) is 35.7 Å². The molecular weight excluding hydrogens is 232 g/mol. The summed E-state index contributed by atoms with van der Waals surface area (Å²) in [5.41, 5.74) is 0.613. The van der Waals surface area contributed by atoms with E-state index >= 15 is 0 Å². The fourth-order valence-electron chi connectivity index (χ4n) is 1.61. The van der Waals surface area contributed by atoms with E-state index in [1.54, 1.807) is 31.2 Å². The summed E-state index contributed by atoms with van der Waals surface area (Å²) in [7, 11) is 0. The van der Waals surface area contributed by atoms with Crippen molar-refractivity contribution in [2.24, 2.45) is 0 Å². The van der Waals surface area contributed by atoms with Crippen molar-refractivity contribution in [3.63, 3.8) is 0 Å². The highest BCUT2D eigenvalue weighted by Gasteiger charge is 2.20. The fraction of sp³-hybridized carbons (Fsp3) is 0.333. The summed E-state index contributed by atoms with van der Waals surface area (Å²) in [6.45, 7) is 4.28. The highest BCUT2D eigenvalue weighted by molar-refractivity contribution is 6.00. The van der Waals surface area contributed by atoms with Crippen LogP contribution in [0.15, 0.2) is 24.3 Å². The quantitative estimate of drug-likeness (QED) is 0.810. The first-order chi connectivity index (χ1) is 8.72. The molecule has 0 saturated heterocycles. The number of aromatic nitrogens is 4. The lowest BCUT2D eigenvalue weighted by Gasteiger charge is -2.07. The Balaban J connectivity index is 2.13. The normalized spacial score (nSPS) is 12.1. The number of Topliss-reactive ketones (excluding diaryl/α,β-unsaturated/α-hetero) is 1. The molecule has 0 amide bonds. The van der Waals surface area contributed by atoms with Crippen LogP contribution in [-0.4, -0.2) is 33.0 Å². The van der Waals surface area contributed by atoms with Crippen molar-refractivity contribution in [1.82, 2.24) is 20.6 Å². The van der Waals surface area contributed by atoms with Gasteiger partial charge < -0.3 is 4.74 Å². The fourth-order valence-corrected chi connectivity index (χ4v) is 1.61. The van der Waals surface area contributed by atoms with Crippen molar-refractivity contribution >= 4 is 5.78 Å². The molecule has 2 rings (SSSR count). The van der Waals surface area contributed by atoms with E-state index in [0.29, 0.717) is 18.0 Å². The Kier molecular flexibility index (Phi) is 3.66. The maximum absolute atomic E-state index is 12.2. The SMILES string of the molecule is CCOc1ccc(C(=O)C(C)c2nnn[nH]2)cc1. The van der Waals surface area contributed by atoms with Crippen molar-refractivity contribution in [3.8, 4) is 5.75 Å². The molecule has 1 aromatic carbocycles. The zero-order valence-electron chi connectivity index (χ0n) is 10.3. The number of carbonyl (C=O) groups excluding carboxylic acids is 1. The van der Waals surface area contributed by atoms with E-state index in [9.17, 15) is 4.79 Å². The lowest BCUT2D eigenvalue weighted by molar-refractivity contribution is 0.0963. The number of hydrogen-bond donors (Lipinski definition) is 1. The van der Waals surface area contributed by atoms with Crippen LogP contribution in [0, 0.1) is 0 Å². The van der Waals surface area contributed by atoms with Crippen LogP contribution in [0.4, 0.5) is 0 Å². The third-order valence-electron chi connectivity index (χ3n) is 2.62. The predicted molar refractivity (Wildman–Crippen MR) is 64.5 cm³/mol. The Hall–Kier alpha value is -2.24. The molecule has 0 spiro atoms. The Morgan fingerprint density at radius 1 is 1.39 bits per heavy atom. The maximum atomic E-state index is 12.2. The minimum absolute atomic E-state index is 0.0309. The van der Waals surface area contributed by atoms with Crippen LogP contribution >= 0.6 is 0 Å². The first-order valence-electron chi connectivity index (χ1n) is 5.73. The van der Waals surface area contributed by atoms with Gasteiger partial charge in [0.25, 0.3) is 0 Å². The third-order valence-corrected chi connectivity index (χ3v) is 2.62. The van der Waals surface area contributed by atoms with Crippen LogP contribution < -0.4 is 4.74 Å².